The second-order valence-corrected chi connectivity index (χ2v) is 4.64. The number of phenolic OH excluding ortho intramolecular Hbond substituents is 1. The zero-order chi connectivity index (χ0) is 13.1. The van der Waals surface area contributed by atoms with Crippen LogP contribution in [0.4, 0.5) is 0 Å². The number of aromatic hydroxyl groups is 1. The van der Waals surface area contributed by atoms with Gasteiger partial charge >= 0.3 is 0 Å². The van der Waals surface area contributed by atoms with Gasteiger partial charge in [0.2, 0.25) is 0 Å². The highest BCUT2D eigenvalue weighted by molar-refractivity contribution is 5.95. The summed E-state index contributed by atoms with van der Waals surface area (Å²) in [4.78, 5) is 14.0. The summed E-state index contributed by atoms with van der Waals surface area (Å²) in [6.07, 6.45) is 2.69. The Morgan fingerprint density at radius 2 is 2.28 bits per heavy atom. The molecule has 1 amide bonds. The Morgan fingerprint density at radius 1 is 1.50 bits per heavy atom. The van der Waals surface area contributed by atoms with E-state index in [9.17, 15) is 9.90 Å². The summed E-state index contributed by atoms with van der Waals surface area (Å²) < 4.78 is 0. The van der Waals surface area contributed by atoms with Crippen LogP contribution in [0, 0.1) is 18.3 Å². The summed E-state index contributed by atoms with van der Waals surface area (Å²) in [5.41, 5.74) is 1.21. The van der Waals surface area contributed by atoms with Crippen LogP contribution in [0.3, 0.4) is 0 Å². The van der Waals surface area contributed by atoms with Crippen molar-refractivity contribution in [2.45, 2.75) is 32.2 Å². The number of hydrogen-bond donors (Lipinski definition) is 1. The molecule has 0 spiro atoms. The lowest BCUT2D eigenvalue weighted by molar-refractivity contribution is 0.0670. The number of aryl methyl sites for hydroxylation is 1. The molecule has 1 fully saturated rings. The fourth-order valence-corrected chi connectivity index (χ4v) is 2.26. The molecule has 1 aliphatic rings. The fraction of sp³-hybridized carbons (Fsp3) is 0.429. The van der Waals surface area contributed by atoms with E-state index in [1.54, 1.807) is 24.0 Å². The third-order valence-electron chi connectivity index (χ3n) is 3.36. The van der Waals surface area contributed by atoms with Crippen molar-refractivity contribution < 1.29 is 9.90 Å². The monoisotopic (exact) mass is 244 g/mol. The van der Waals surface area contributed by atoms with Gasteiger partial charge in [-0.25, -0.2) is 0 Å². The van der Waals surface area contributed by atoms with Crippen molar-refractivity contribution in [3.63, 3.8) is 0 Å². The normalized spacial score (nSPS) is 19.3. The number of carbonyl (C=O) groups is 1. The molecule has 1 atom stereocenters. The number of nitriles is 1. The summed E-state index contributed by atoms with van der Waals surface area (Å²) in [6.45, 7) is 2.39. The molecule has 0 bridgehead atoms. The van der Waals surface area contributed by atoms with Crippen molar-refractivity contribution in [3.05, 3.63) is 29.3 Å². The first-order valence-electron chi connectivity index (χ1n) is 6.13. The van der Waals surface area contributed by atoms with Crippen LogP contribution < -0.4 is 0 Å². The average Bonchev–Trinajstić information content (AvgIpc) is 2.41. The summed E-state index contributed by atoms with van der Waals surface area (Å²) in [7, 11) is 0. The average molecular weight is 244 g/mol. The van der Waals surface area contributed by atoms with E-state index in [0.29, 0.717) is 17.7 Å². The molecule has 1 aromatic rings. The van der Waals surface area contributed by atoms with Gasteiger partial charge in [-0.15, -0.1) is 0 Å². The van der Waals surface area contributed by atoms with E-state index in [4.69, 9.17) is 5.26 Å². The zero-order valence-electron chi connectivity index (χ0n) is 10.4. The molecule has 1 saturated heterocycles. The van der Waals surface area contributed by atoms with E-state index in [1.807, 2.05) is 0 Å². The van der Waals surface area contributed by atoms with E-state index in [1.165, 1.54) is 6.07 Å². The minimum atomic E-state index is -0.319. The largest absolute Gasteiger partial charge is 0.508 e. The van der Waals surface area contributed by atoms with Gasteiger partial charge in [0, 0.05) is 12.1 Å². The maximum Gasteiger partial charge on any atom is 0.254 e. The van der Waals surface area contributed by atoms with Gasteiger partial charge in [-0.1, -0.05) is 0 Å². The third kappa shape index (κ3) is 2.30. The Hall–Kier alpha value is -2.02. The fourth-order valence-electron chi connectivity index (χ4n) is 2.26. The molecular formula is C14H16N2O2. The first kappa shape index (κ1) is 12.4. The van der Waals surface area contributed by atoms with E-state index >= 15 is 0 Å². The zero-order valence-corrected chi connectivity index (χ0v) is 10.4. The minimum absolute atomic E-state index is 0.121. The van der Waals surface area contributed by atoms with Gasteiger partial charge in [0.05, 0.1) is 6.07 Å². The lowest BCUT2D eigenvalue weighted by Crippen LogP contribution is -2.42. The Kier molecular flexibility index (Phi) is 3.52. The molecular weight excluding hydrogens is 228 g/mol. The summed E-state index contributed by atoms with van der Waals surface area (Å²) in [5, 5.41) is 18.5. The van der Waals surface area contributed by atoms with Crippen molar-refractivity contribution in [2.24, 2.45) is 0 Å². The van der Waals surface area contributed by atoms with Gasteiger partial charge in [-0.2, -0.15) is 5.26 Å². The predicted octanol–water partition coefficient (Wildman–Crippen LogP) is 2.22. The SMILES string of the molecule is Cc1cc(C(=O)N2CCCCC2C#N)ccc1O. The van der Waals surface area contributed by atoms with Crippen LogP contribution in [-0.2, 0) is 0 Å². The van der Waals surface area contributed by atoms with E-state index < -0.39 is 0 Å². The number of rotatable bonds is 1. The molecule has 0 saturated carbocycles. The van der Waals surface area contributed by atoms with Crippen molar-refractivity contribution >= 4 is 5.91 Å². The topological polar surface area (TPSA) is 64.3 Å². The number of piperidine rings is 1. The second-order valence-electron chi connectivity index (χ2n) is 4.64. The van der Waals surface area contributed by atoms with Crippen molar-refractivity contribution in [2.75, 3.05) is 6.54 Å². The smallest absolute Gasteiger partial charge is 0.254 e. The molecule has 4 nitrogen and oxygen atoms in total. The molecule has 94 valence electrons. The van der Waals surface area contributed by atoms with Crippen LogP contribution in [0.1, 0.15) is 35.2 Å². The highest BCUT2D eigenvalue weighted by atomic mass is 16.3. The van der Waals surface area contributed by atoms with Gasteiger partial charge < -0.3 is 10.0 Å². The number of carbonyl (C=O) groups excluding carboxylic acids is 1. The van der Waals surface area contributed by atoms with Crippen LogP contribution in [0.2, 0.25) is 0 Å². The highest BCUT2D eigenvalue weighted by Gasteiger charge is 2.27. The lowest BCUT2D eigenvalue weighted by Gasteiger charge is -2.31. The molecule has 18 heavy (non-hydrogen) atoms. The van der Waals surface area contributed by atoms with E-state index in [2.05, 4.69) is 6.07 Å². The number of hydrogen-bond acceptors (Lipinski definition) is 3. The number of amides is 1. The van der Waals surface area contributed by atoms with Crippen LogP contribution in [-0.4, -0.2) is 28.5 Å². The summed E-state index contributed by atoms with van der Waals surface area (Å²) in [6, 6.07) is 6.66. The number of nitrogens with zero attached hydrogens (tertiary/aromatic N) is 2. The molecule has 2 rings (SSSR count). The summed E-state index contributed by atoms with van der Waals surface area (Å²) >= 11 is 0. The number of benzene rings is 1. The van der Waals surface area contributed by atoms with Gasteiger partial charge in [0.25, 0.3) is 5.91 Å². The minimum Gasteiger partial charge on any atom is -0.508 e. The Balaban J connectivity index is 2.24. The highest BCUT2D eigenvalue weighted by Crippen LogP contribution is 2.22. The van der Waals surface area contributed by atoms with Gasteiger partial charge in [-0.3, -0.25) is 4.79 Å². The van der Waals surface area contributed by atoms with Crippen LogP contribution in [0.25, 0.3) is 0 Å². The molecule has 1 aromatic carbocycles. The molecule has 1 N–H and O–H groups in total. The number of likely N-dealkylation sites (tertiary alicyclic amines) is 1. The van der Waals surface area contributed by atoms with Crippen LogP contribution >= 0.6 is 0 Å². The lowest BCUT2D eigenvalue weighted by atomic mass is 10.0. The van der Waals surface area contributed by atoms with E-state index in [0.717, 1.165) is 19.3 Å². The maximum absolute atomic E-state index is 12.3. The van der Waals surface area contributed by atoms with Crippen molar-refractivity contribution in [1.82, 2.24) is 4.90 Å². The Bertz CT molecular complexity index is 505. The second kappa shape index (κ2) is 5.09. The van der Waals surface area contributed by atoms with Crippen LogP contribution in [0.5, 0.6) is 5.75 Å². The first-order chi connectivity index (χ1) is 8.63. The molecule has 1 unspecified atom stereocenters. The summed E-state index contributed by atoms with van der Waals surface area (Å²) in [5.74, 6) is 0.0615. The van der Waals surface area contributed by atoms with Crippen molar-refractivity contribution in [1.29, 1.82) is 5.26 Å². The van der Waals surface area contributed by atoms with E-state index in [-0.39, 0.29) is 17.7 Å². The predicted molar refractivity (Wildman–Crippen MR) is 67.1 cm³/mol. The maximum atomic E-state index is 12.3. The Labute approximate surface area is 106 Å². The molecule has 1 aliphatic heterocycles. The van der Waals surface area contributed by atoms with Gasteiger partial charge in [-0.05, 0) is 49.9 Å². The van der Waals surface area contributed by atoms with Crippen LogP contribution in [0.15, 0.2) is 18.2 Å². The standard InChI is InChI=1S/C14H16N2O2/c1-10-8-11(5-6-13(10)17)14(18)16-7-3-2-4-12(16)9-15/h5-6,8,12,17H,2-4,7H2,1H3. The van der Waals surface area contributed by atoms with Crippen molar-refractivity contribution in [3.8, 4) is 11.8 Å². The van der Waals surface area contributed by atoms with Gasteiger partial charge in [0.1, 0.15) is 11.8 Å². The first-order valence-corrected chi connectivity index (χ1v) is 6.13. The molecule has 0 radical (unpaired) electrons. The third-order valence-corrected chi connectivity index (χ3v) is 3.36. The molecule has 1 heterocycles. The van der Waals surface area contributed by atoms with Gasteiger partial charge in [0.15, 0.2) is 0 Å². The number of phenols is 1. The molecule has 0 aromatic heterocycles. The molecule has 4 heteroatoms. The quantitative estimate of drug-likeness (QED) is 0.823. The Morgan fingerprint density at radius 3 is 2.94 bits per heavy atom. The molecule has 0 aliphatic carbocycles.